The number of carbonyl (C=O) groups excluding carboxylic acids is 2. The summed E-state index contributed by atoms with van der Waals surface area (Å²) in [5, 5.41) is 5.43. The molecule has 1 heterocycles. The maximum absolute atomic E-state index is 12.1. The van der Waals surface area contributed by atoms with Gasteiger partial charge in [-0.25, -0.2) is 0 Å². The minimum Gasteiger partial charge on any atom is -0.355 e. The molecule has 0 fully saturated rings. The molecule has 2 N–H and O–H groups in total. The number of aromatic nitrogens is 1. The van der Waals surface area contributed by atoms with Gasteiger partial charge in [0.25, 0.3) is 5.91 Å². The number of rotatable bonds is 6. The standard InChI is InChI=1S/C16H19N3O2/c1-13(20)17-9-10-18-16(21)15-8-5-11-19(15)12-14-6-3-2-4-7-14/h2-8,11H,9-10,12H2,1H3,(H,17,20)(H,18,21). The smallest absolute Gasteiger partial charge is 0.267 e. The zero-order valence-electron chi connectivity index (χ0n) is 12.0. The van der Waals surface area contributed by atoms with Crippen molar-refractivity contribution < 1.29 is 9.59 Å². The number of hydrogen-bond acceptors (Lipinski definition) is 2. The van der Waals surface area contributed by atoms with Crippen LogP contribution in [0.3, 0.4) is 0 Å². The van der Waals surface area contributed by atoms with Gasteiger partial charge in [-0.05, 0) is 17.7 Å². The van der Waals surface area contributed by atoms with Crippen molar-refractivity contribution in [1.82, 2.24) is 15.2 Å². The van der Waals surface area contributed by atoms with E-state index in [1.165, 1.54) is 6.92 Å². The Hall–Kier alpha value is -2.56. The van der Waals surface area contributed by atoms with Crippen LogP contribution in [0.1, 0.15) is 23.0 Å². The Morgan fingerprint density at radius 2 is 1.71 bits per heavy atom. The quantitative estimate of drug-likeness (QED) is 0.788. The second kappa shape index (κ2) is 7.28. The molecule has 1 aromatic carbocycles. The van der Waals surface area contributed by atoms with Crippen LogP contribution in [0.5, 0.6) is 0 Å². The highest BCUT2D eigenvalue weighted by Crippen LogP contribution is 2.07. The van der Waals surface area contributed by atoms with Gasteiger partial charge in [0.2, 0.25) is 5.91 Å². The van der Waals surface area contributed by atoms with E-state index in [9.17, 15) is 9.59 Å². The highest BCUT2D eigenvalue weighted by molar-refractivity contribution is 5.92. The van der Waals surface area contributed by atoms with Crippen molar-refractivity contribution in [3.63, 3.8) is 0 Å². The molecule has 0 aliphatic heterocycles. The highest BCUT2D eigenvalue weighted by atomic mass is 16.2. The summed E-state index contributed by atoms with van der Waals surface area (Å²) in [7, 11) is 0. The molecule has 0 aliphatic rings. The van der Waals surface area contributed by atoms with Crippen LogP contribution in [0.15, 0.2) is 48.7 Å². The number of carbonyl (C=O) groups is 2. The summed E-state index contributed by atoms with van der Waals surface area (Å²) in [6.45, 7) is 2.95. The molecular formula is C16H19N3O2. The predicted octanol–water partition coefficient (Wildman–Crippen LogP) is 1.40. The molecule has 110 valence electrons. The lowest BCUT2D eigenvalue weighted by atomic mass is 10.2. The second-order valence-corrected chi connectivity index (χ2v) is 4.75. The molecule has 2 rings (SSSR count). The summed E-state index contributed by atoms with van der Waals surface area (Å²) >= 11 is 0. The Balaban J connectivity index is 1.93. The van der Waals surface area contributed by atoms with E-state index in [4.69, 9.17) is 0 Å². The first-order chi connectivity index (χ1) is 10.2. The number of nitrogens with one attached hydrogen (secondary N) is 2. The van der Waals surface area contributed by atoms with E-state index in [-0.39, 0.29) is 11.8 Å². The largest absolute Gasteiger partial charge is 0.355 e. The van der Waals surface area contributed by atoms with Crippen LogP contribution in [0.2, 0.25) is 0 Å². The third kappa shape index (κ3) is 4.49. The van der Waals surface area contributed by atoms with Gasteiger partial charge >= 0.3 is 0 Å². The van der Waals surface area contributed by atoms with Gasteiger partial charge in [-0.3, -0.25) is 9.59 Å². The summed E-state index contributed by atoms with van der Waals surface area (Å²) in [4.78, 5) is 22.9. The molecule has 0 atom stereocenters. The van der Waals surface area contributed by atoms with Crippen LogP contribution in [-0.2, 0) is 11.3 Å². The molecule has 2 amide bonds. The van der Waals surface area contributed by atoms with Gasteiger partial charge in [-0.15, -0.1) is 0 Å². The van der Waals surface area contributed by atoms with E-state index in [0.29, 0.717) is 25.3 Å². The summed E-state index contributed by atoms with van der Waals surface area (Å²) in [5.41, 5.74) is 1.75. The van der Waals surface area contributed by atoms with Crippen molar-refractivity contribution >= 4 is 11.8 Å². The summed E-state index contributed by atoms with van der Waals surface area (Å²) in [5.74, 6) is -0.238. The molecule has 0 aliphatic carbocycles. The lowest BCUT2D eigenvalue weighted by Crippen LogP contribution is -2.34. The van der Waals surface area contributed by atoms with Crippen molar-refractivity contribution in [2.24, 2.45) is 0 Å². The molecule has 0 unspecified atom stereocenters. The van der Waals surface area contributed by atoms with E-state index in [1.807, 2.05) is 47.2 Å². The van der Waals surface area contributed by atoms with Crippen molar-refractivity contribution in [3.05, 3.63) is 59.9 Å². The molecule has 2 aromatic rings. The molecule has 0 saturated carbocycles. The predicted molar refractivity (Wildman–Crippen MR) is 81.0 cm³/mol. The van der Waals surface area contributed by atoms with Crippen molar-refractivity contribution in [1.29, 1.82) is 0 Å². The topological polar surface area (TPSA) is 63.1 Å². The van der Waals surface area contributed by atoms with E-state index in [1.54, 1.807) is 6.07 Å². The van der Waals surface area contributed by atoms with Crippen LogP contribution in [0, 0.1) is 0 Å². The molecule has 5 heteroatoms. The second-order valence-electron chi connectivity index (χ2n) is 4.75. The fraction of sp³-hybridized carbons (Fsp3) is 0.250. The van der Waals surface area contributed by atoms with Gasteiger partial charge < -0.3 is 15.2 Å². The number of amides is 2. The molecule has 0 saturated heterocycles. The van der Waals surface area contributed by atoms with Crippen LogP contribution >= 0.6 is 0 Å². The summed E-state index contributed by atoms with van der Waals surface area (Å²) < 4.78 is 1.91. The first-order valence-electron chi connectivity index (χ1n) is 6.88. The summed E-state index contributed by atoms with van der Waals surface area (Å²) in [6, 6.07) is 13.6. The lowest BCUT2D eigenvalue weighted by Gasteiger charge is -2.10. The third-order valence-corrected chi connectivity index (χ3v) is 3.04. The molecule has 21 heavy (non-hydrogen) atoms. The van der Waals surface area contributed by atoms with Crippen molar-refractivity contribution in [3.8, 4) is 0 Å². The van der Waals surface area contributed by atoms with Crippen LogP contribution in [0.25, 0.3) is 0 Å². The Labute approximate surface area is 124 Å². The van der Waals surface area contributed by atoms with Crippen LogP contribution < -0.4 is 10.6 Å². The van der Waals surface area contributed by atoms with Gasteiger partial charge in [0.15, 0.2) is 0 Å². The monoisotopic (exact) mass is 285 g/mol. The van der Waals surface area contributed by atoms with Gasteiger partial charge in [0, 0.05) is 32.8 Å². The average molecular weight is 285 g/mol. The fourth-order valence-electron chi connectivity index (χ4n) is 2.04. The molecule has 0 bridgehead atoms. The number of benzene rings is 1. The Bertz CT molecular complexity index is 605. The highest BCUT2D eigenvalue weighted by Gasteiger charge is 2.10. The molecule has 5 nitrogen and oxygen atoms in total. The molecule has 0 spiro atoms. The molecular weight excluding hydrogens is 266 g/mol. The minimum absolute atomic E-state index is 0.100. The average Bonchev–Trinajstić information content (AvgIpc) is 2.92. The Kier molecular flexibility index (Phi) is 5.15. The first kappa shape index (κ1) is 14.8. The minimum atomic E-state index is -0.138. The number of hydrogen-bond donors (Lipinski definition) is 2. The van der Waals surface area contributed by atoms with E-state index in [2.05, 4.69) is 10.6 Å². The van der Waals surface area contributed by atoms with Gasteiger partial charge in [0.1, 0.15) is 5.69 Å². The maximum atomic E-state index is 12.1. The number of nitrogens with zero attached hydrogens (tertiary/aromatic N) is 1. The zero-order valence-corrected chi connectivity index (χ0v) is 12.0. The van der Waals surface area contributed by atoms with Gasteiger partial charge in [-0.2, -0.15) is 0 Å². The van der Waals surface area contributed by atoms with Gasteiger partial charge in [-0.1, -0.05) is 30.3 Å². The van der Waals surface area contributed by atoms with E-state index < -0.39 is 0 Å². The zero-order chi connectivity index (χ0) is 15.1. The fourth-order valence-corrected chi connectivity index (χ4v) is 2.04. The first-order valence-corrected chi connectivity index (χ1v) is 6.88. The Morgan fingerprint density at radius 3 is 2.43 bits per heavy atom. The van der Waals surface area contributed by atoms with Crippen LogP contribution in [-0.4, -0.2) is 29.5 Å². The summed E-state index contributed by atoms with van der Waals surface area (Å²) in [6.07, 6.45) is 1.88. The lowest BCUT2D eigenvalue weighted by molar-refractivity contribution is -0.118. The molecule has 0 radical (unpaired) electrons. The SMILES string of the molecule is CC(=O)NCCNC(=O)c1cccn1Cc1ccccc1. The van der Waals surface area contributed by atoms with E-state index in [0.717, 1.165) is 5.56 Å². The van der Waals surface area contributed by atoms with Crippen molar-refractivity contribution in [2.75, 3.05) is 13.1 Å². The van der Waals surface area contributed by atoms with Gasteiger partial charge in [0.05, 0.1) is 0 Å². The normalized spacial score (nSPS) is 10.1. The van der Waals surface area contributed by atoms with E-state index >= 15 is 0 Å². The van der Waals surface area contributed by atoms with Crippen LogP contribution in [0.4, 0.5) is 0 Å². The molecule has 1 aromatic heterocycles. The third-order valence-electron chi connectivity index (χ3n) is 3.04. The van der Waals surface area contributed by atoms with Crippen molar-refractivity contribution in [2.45, 2.75) is 13.5 Å². The maximum Gasteiger partial charge on any atom is 0.267 e. The Morgan fingerprint density at radius 1 is 1.00 bits per heavy atom.